The number of carbonyl (C=O) groups excluding carboxylic acids is 1. The highest BCUT2D eigenvalue weighted by atomic mass is 127. The number of nitrogens with zero attached hydrogens (tertiary/aromatic N) is 3. The number of amides is 1. The van der Waals surface area contributed by atoms with Gasteiger partial charge in [0.2, 0.25) is 0 Å². The Kier molecular flexibility index (Phi) is 9.11. The predicted octanol–water partition coefficient (Wildman–Crippen LogP) is 1.88. The Bertz CT molecular complexity index is 889. The summed E-state index contributed by atoms with van der Waals surface area (Å²) >= 11 is 2.07. The van der Waals surface area contributed by atoms with Gasteiger partial charge >= 0.3 is 5.97 Å². The molecule has 0 atom stereocenters. The highest BCUT2D eigenvalue weighted by Crippen LogP contribution is 2.40. The normalized spacial score (nSPS) is 17.0. The summed E-state index contributed by atoms with van der Waals surface area (Å²) in [7, 11) is -2.80. The van der Waals surface area contributed by atoms with Crippen molar-refractivity contribution in [3.8, 4) is 0 Å². The molecule has 0 saturated carbocycles. The van der Waals surface area contributed by atoms with Gasteiger partial charge in [-0.2, -0.15) is 8.42 Å². The molecule has 12 heteroatoms. The smallest absolute Gasteiger partial charge is 0.332 e. The Morgan fingerprint density at radius 2 is 2.00 bits per heavy atom. The maximum atomic E-state index is 12.7. The lowest BCUT2D eigenvalue weighted by Crippen LogP contribution is -2.31. The number of hydrogen-bond acceptors (Lipinski definition) is 7. The lowest BCUT2D eigenvalue weighted by molar-refractivity contribution is -0.181. The van der Waals surface area contributed by atoms with Gasteiger partial charge < -0.3 is 5.11 Å². The van der Waals surface area contributed by atoms with Crippen LogP contribution in [0.5, 0.6) is 0 Å². The van der Waals surface area contributed by atoms with Crippen molar-refractivity contribution >= 4 is 56.5 Å². The number of carboxylic acids is 1. The van der Waals surface area contributed by atoms with Crippen LogP contribution in [0.15, 0.2) is 30.9 Å². The molecule has 0 saturated heterocycles. The molecule has 10 nitrogen and oxygen atoms in total. The fourth-order valence-electron chi connectivity index (χ4n) is 2.24. The molecule has 0 radical (unpaired) electrons. The van der Waals surface area contributed by atoms with E-state index in [9.17, 15) is 18.0 Å². The average Bonchev–Trinajstić information content (AvgIpc) is 2.78. The minimum atomic E-state index is -4.08. The van der Waals surface area contributed by atoms with Crippen molar-refractivity contribution in [2.75, 3.05) is 26.0 Å². The molecule has 1 amide bonds. The van der Waals surface area contributed by atoms with Gasteiger partial charge in [0.05, 0.1) is 11.3 Å². The molecule has 0 aromatic carbocycles. The van der Waals surface area contributed by atoms with Gasteiger partial charge in [-0.05, 0) is 47.6 Å². The largest absolute Gasteiger partial charge is 0.479 e. The first-order valence-corrected chi connectivity index (χ1v) is 11.2. The van der Waals surface area contributed by atoms with Gasteiger partial charge in [0.25, 0.3) is 16.0 Å². The molecule has 0 aromatic rings. The van der Waals surface area contributed by atoms with Gasteiger partial charge in [0.15, 0.2) is 6.61 Å². The van der Waals surface area contributed by atoms with E-state index in [0.717, 1.165) is 16.3 Å². The average molecular weight is 541 g/mol. The van der Waals surface area contributed by atoms with Crippen LogP contribution in [0.25, 0.3) is 0 Å². The van der Waals surface area contributed by atoms with Crippen LogP contribution in [0.3, 0.4) is 0 Å². The summed E-state index contributed by atoms with van der Waals surface area (Å²) in [6, 6.07) is 0. The molecule has 0 aromatic heterocycles. The van der Waals surface area contributed by atoms with Crippen molar-refractivity contribution in [1.82, 2.24) is 5.06 Å². The van der Waals surface area contributed by atoms with E-state index in [4.69, 9.17) is 14.5 Å². The number of rotatable bonds is 10. The van der Waals surface area contributed by atoms with Crippen molar-refractivity contribution < 1.29 is 32.5 Å². The molecule has 162 valence electrons. The standard InChI is InChI=1S/C17H24IN3O7S/c1-11-17(2,3)13(15(18)20-11)8-12(9-19-6-5-7-29(25,26)27)16(24)21(4)28-10-14(22)23/h8-9H,5-7,10H2,1-4H3,(H,22,23)(H,25,26,27)/b12-8+,19-9?. The first-order valence-electron chi connectivity index (χ1n) is 8.51. The SMILES string of the molecule is CC1=NC(I)=C(/C=C(\C=NCCCS(=O)(=O)O)C(=O)N(C)OCC(=O)O)C1(C)C. The van der Waals surface area contributed by atoms with E-state index in [1.165, 1.54) is 13.3 Å². The fraction of sp³-hybridized carbons (Fsp3) is 0.529. The summed E-state index contributed by atoms with van der Waals surface area (Å²) in [5, 5.41) is 9.51. The van der Waals surface area contributed by atoms with Crippen LogP contribution in [-0.4, -0.2) is 72.9 Å². The second-order valence-corrected chi connectivity index (χ2v) is 9.36. The topological polar surface area (TPSA) is 146 Å². The van der Waals surface area contributed by atoms with Gasteiger partial charge in [-0.25, -0.2) is 9.86 Å². The van der Waals surface area contributed by atoms with E-state index >= 15 is 0 Å². The predicted molar refractivity (Wildman–Crippen MR) is 117 cm³/mol. The van der Waals surface area contributed by atoms with Crippen LogP contribution >= 0.6 is 22.6 Å². The molecule has 2 N–H and O–H groups in total. The highest BCUT2D eigenvalue weighted by molar-refractivity contribution is 14.1. The summed E-state index contributed by atoms with van der Waals surface area (Å²) in [6.07, 6.45) is 2.96. The maximum Gasteiger partial charge on any atom is 0.332 e. The van der Waals surface area contributed by atoms with Crippen molar-refractivity contribution in [2.24, 2.45) is 15.4 Å². The minimum absolute atomic E-state index is 0.0686. The van der Waals surface area contributed by atoms with Crippen LogP contribution in [0.1, 0.15) is 27.2 Å². The Hall–Kier alpha value is -1.64. The lowest BCUT2D eigenvalue weighted by atomic mass is 9.81. The number of carboxylic acid groups (broad SMARTS) is 1. The van der Waals surface area contributed by atoms with Crippen LogP contribution in [-0.2, 0) is 24.5 Å². The van der Waals surface area contributed by atoms with Crippen molar-refractivity contribution in [2.45, 2.75) is 27.2 Å². The molecule has 29 heavy (non-hydrogen) atoms. The van der Waals surface area contributed by atoms with E-state index < -0.39 is 39.8 Å². The Morgan fingerprint density at radius 1 is 1.38 bits per heavy atom. The Morgan fingerprint density at radius 3 is 2.48 bits per heavy atom. The summed E-state index contributed by atoms with van der Waals surface area (Å²) in [6.45, 7) is 5.18. The van der Waals surface area contributed by atoms with Crippen molar-refractivity contribution in [3.63, 3.8) is 0 Å². The van der Waals surface area contributed by atoms with Crippen molar-refractivity contribution in [1.29, 1.82) is 0 Å². The quantitative estimate of drug-likeness (QED) is 0.0817. The third-order valence-corrected chi connectivity index (χ3v) is 5.83. The zero-order valence-corrected chi connectivity index (χ0v) is 19.5. The van der Waals surface area contributed by atoms with E-state index in [1.807, 2.05) is 20.8 Å². The number of likely N-dealkylation sites (N-methyl/N-ethyl adjacent to an activating group) is 1. The molecule has 1 aliphatic heterocycles. The van der Waals surface area contributed by atoms with Gasteiger partial charge in [-0.1, -0.05) is 13.8 Å². The number of hydroxylamine groups is 2. The summed E-state index contributed by atoms with van der Waals surface area (Å²) < 4.78 is 31.0. The number of carbonyl (C=O) groups is 2. The lowest BCUT2D eigenvalue weighted by Gasteiger charge is -2.22. The first kappa shape index (κ1) is 25.4. The summed E-state index contributed by atoms with van der Waals surface area (Å²) in [5.41, 5.74) is 1.36. The number of halogens is 1. The van der Waals surface area contributed by atoms with E-state index in [2.05, 4.69) is 32.6 Å². The molecule has 0 bridgehead atoms. The number of aliphatic carboxylic acids is 1. The molecular weight excluding hydrogens is 517 g/mol. The molecule has 1 rings (SSSR count). The third kappa shape index (κ3) is 7.95. The number of allylic oxidation sites excluding steroid dienone is 2. The maximum absolute atomic E-state index is 12.7. The van der Waals surface area contributed by atoms with Gasteiger partial charge in [-0.15, -0.1) is 0 Å². The minimum Gasteiger partial charge on any atom is -0.479 e. The fourth-order valence-corrected chi connectivity index (χ4v) is 3.93. The van der Waals surface area contributed by atoms with Crippen LogP contribution < -0.4 is 0 Å². The van der Waals surface area contributed by atoms with Gasteiger partial charge in [0.1, 0.15) is 3.70 Å². The van der Waals surface area contributed by atoms with Crippen LogP contribution in [0.2, 0.25) is 0 Å². The highest BCUT2D eigenvalue weighted by Gasteiger charge is 2.33. The van der Waals surface area contributed by atoms with Crippen molar-refractivity contribution in [3.05, 3.63) is 20.9 Å². The summed E-state index contributed by atoms with van der Waals surface area (Å²) in [4.78, 5) is 36.8. The van der Waals surface area contributed by atoms with E-state index in [0.29, 0.717) is 3.70 Å². The first-order chi connectivity index (χ1) is 13.3. The van der Waals surface area contributed by atoms with Gasteiger partial charge in [0, 0.05) is 30.9 Å². The molecule has 1 aliphatic rings. The zero-order valence-electron chi connectivity index (χ0n) is 16.5. The zero-order chi connectivity index (χ0) is 22.4. The Labute approximate surface area is 183 Å². The number of aliphatic imine (C=N–C) groups is 2. The number of hydrogen-bond donors (Lipinski definition) is 2. The second kappa shape index (κ2) is 10.4. The van der Waals surface area contributed by atoms with E-state index in [-0.39, 0.29) is 18.5 Å². The van der Waals surface area contributed by atoms with Crippen LogP contribution in [0.4, 0.5) is 0 Å². The van der Waals surface area contributed by atoms with Gasteiger partial charge in [-0.3, -0.25) is 24.2 Å². The molecular formula is C17H24IN3O7S. The monoisotopic (exact) mass is 541 g/mol. The molecule has 0 fully saturated rings. The molecule has 0 unspecified atom stereocenters. The molecule has 0 spiro atoms. The third-order valence-electron chi connectivity index (χ3n) is 4.20. The summed E-state index contributed by atoms with van der Waals surface area (Å²) in [5.74, 6) is -2.30. The molecule has 0 aliphatic carbocycles. The van der Waals surface area contributed by atoms with Crippen LogP contribution in [0, 0.1) is 5.41 Å². The second-order valence-electron chi connectivity index (χ2n) is 6.77. The Balaban J connectivity index is 3.10. The van der Waals surface area contributed by atoms with E-state index in [1.54, 1.807) is 6.08 Å². The molecule has 1 heterocycles.